The first-order valence-corrected chi connectivity index (χ1v) is 8.68. The van der Waals surface area contributed by atoms with Crippen LogP contribution >= 0.6 is 0 Å². The molecule has 0 spiro atoms. The van der Waals surface area contributed by atoms with Crippen molar-refractivity contribution in [2.24, 2.45) is 0 Å². The van der Waals surface area contributed by atoms with E-state index in [0.717, 1.165) is 11.1 Å². The van der Waals surface area contributed by atoms with Crippen molar-refractivity contribution in [1.82, 2.24) is 10.1 Å². The highest BCUT2D eigenvalue weighted by Crippen LogP contribution is 2.27. The van der Waals surface area contributed by atoms with E-state index in [1.54, 1.807) is 30.3 Å². The van der Waals surface area contributed by atoms with Crippen LogP contribution in [-0.4, -0.2) is 16.0 Å². The van der Waals surface area contributed by atoms with Gasteiger partial charge in [0.1, 0.15) is 5.82 Å². The Kier molecular flexibility index (Phi) is 4.68. The number of carbonyl (C=O) groups excluding carboxylic acids is 1. The van der Waals surface area contributed by atoms with Crippen LogP contribution in [0.15, 0.2) is 77.3 Å². The topological polar surface area (TPSA) is 68.0 Å². The number of amides is 1. The molecule has 4 rings (SSSR count). The molecule has 1 aromatic heterocycles. The molecule has 0 atom stereocenters. The van der Waals surface area contributed by atoms with Gasteiger partial charge in [0.15, 0.2) is 0 Å². The molecule has 138 valence electrons. The van der Waals surface area contributed by atoms with E-state index in [2.05, 4.69) is 15.5 Å². The molecule has 0 saturated heterocycles. The third-order valence-corrected chi connectivity index (χ3v) is 4.30. The van der Waals surface area contributed by atoms with Gasteiger partial charge in [0.25, 0.3) is 11.8 Å². The quantitative estimate of drug-likeness (QED) is 0.540. The van der Waals surface area contributed by atoms with Crippen LogP contribution in [0.25, 0.3) is 22.8 Å². The average molecular weight is 373 g/mol. The van der Waals surface area contributed by atoms with E-state index < -0.39 is 11.7 Å². The predicted molar refractivity (Wildman–Crippen MR) is 104 cm³/mol. The summed E-state index contributed by atoms with van der Waals surface area (Å²) in [6.07, 6.45) is 0. The Hall–Kier alpha value is -3.80. The van der Waals surface area contributed by atoms with E-state index in [4.69, 9.17) is 4.52 Å². The zero-order chi connectivity index (χ0) is 19.5. The third-order valence-electron chi connectivity index (χ3n) is 4.30. The third kappa shape index (κ3) is 3.53. The summed E-state index contributed by atoms with van der Waals surface area (Å²) in [5.41, 5.74) is 3.10. The lowest BCUT2D eigenvalue weighted by atomic mass is 10.1. The van der Waals surface area contributed by atoms with Gasteiger partial charge in [-0.15, -0.1) is 0 Å². The second-order valence-corrected chi connectivity index (χ2v) is 6.25. The smallest absolute Gasteiger partial charge is 0.259 e. The number of halogens is 1. The number of aryl methyl sites for hydroxylation is 1. The Morgan fingerprint density at radius 2 is 1.71 bits per heavy atom. The van der Waals surface area contributed by atoms with Gasteiger partial charge in [-0.05, 0) is 42.8 Å². The van der Waals surface area contributed by atoms with E-state index >= 15 is 0 Å². The number of nitrogens with zero attached hydrogens (tertiary/aromatic N) is 2. The molecule has 1 N–H and O–H groups in total. The summed E-state index contributed by atoms with van der Waals surface area (Å²) in [5, 5.41) is 6.74. The zero-order valence-corrected chi connectivity index (χ0v) is 15.0. The number of hydrogen-bond donors (Lipinski definition) is 1. The van der Waals surface area contributed by atoms with Gasteiger partial charge in [0, 0.05) is 11.3 Å². The predicted octanol–water partition coefficient (Wildman–Crippen LogP) is 5.10. The van der Waals surface area contributed by atoms with Crippen LogP contribution in [0.1, 0.15) is 15.9 Å². The van der Waals surface area contributed by atoms with E-state index in [-0.39, 0.29) is 5.89 Å². The van der Waals surface area contributed by atoms with Crippen molar-refractivity contribution in [3.05, 3.63) is 89.7 Å². The van der Waals surface area contributed by atoms with Crippen LogP contribution in [0.4, 0.5) is 10.1 Å². The van der Waals surface area contributed by atoms with Crippen LogP contribution in [0.5, 0.6) is 0 Å². The molecule has 4 aromatic rings. The minimum atomic E-state index is -0.425. The maximum absolute atomic E-state index is 13.4. The molecule has 1 amide bonds. The molecule has 0 unspecified atom stereocenters. The maximum Gasteiger partial charge on any atom is 0.259 e. The molecule has 0 aliphatic carbocycles. The van der Waals surface area contributed by atoms with Crippen molar-refractivity contribution >= 4 is 11.6 Å². The summed E-state index contributed by atoms with van der Waals surface area (Å²) >= 11 is 0. The molecule has 6 heteroatoms. The fraction of sp³-hybridized carbons (Fsp3) is 0.0455. The van der Waals surface area contributed by atoms with Gasteiger partial charge < -0.3 is 9.84 Å². The number of hydrogen-bond acceptors (Lipinski definition) is 4. The fourth-order valence-corrected chi connectivity index (χ4v) is 2.90. The second kappa shape index (κ2) is 7.44. The molecule has 0 fully saturated rings. The normalized spacial score (nSPS) is 10.6. The Labute approximate surface area is 160 Å². The molecule has 0 aliphatic heterocycles. The van der Waals surface area contributed by atoms with E-state index in [0.29, 0.717) is 22.6 Å². The van der Waals surface area contributed by atoms with Gasteiger partial charge >= 0.3 is 0 Å². The Morgan fingerprint density at radius 3 is 2.50 bits per heavy atom. The van der Waals surface area contributed by atoms with Gasteiger partial charge in [-0.2, -0.15) is 4.98 Å². The monoisotopic (exact) mass is 373 g/mol. The molecule has 5 nitrogen and oxygen atoms in total. The molecular weight excluding hydrogens is 357 g/mol. The molecule has 28 heavy (non-hydrogen) atoms. The van der Waals surface area contributed by atoms with Crippen molar-refractivity contribution in [1.29, 1.82) is 0 Å². The Balaban J connectivity index is 1.67. The van der Waals surface area contributed by atoms with Crippen LogP contribution in [0.2, 0.25) is 0 Å². The fourth-order valence-electron chi connectivity index (χ4n) is 2.90. The summed E-state index contributed by atoms with van der Waals surface area (Å²) in [6.45, 7) is 1.96. The van der Waals surface area contributed by atoms with Gasteiger partial charge in [0.2, 0.25) is 5.82 Å². The molecular formula is C22H16FN3O2. The lowest BCUT2D eigenvalue weighted by Gasteiger charge is -2.08. The Morgan fingerprint density at radius 1 is 0.964 bits per heavy atom. The highest BCUT2D eigenvalue weighted by molar-refractivity contribution is 6.08. The number of rotatable bonds is 4. The Bertz CT molecular complexity index is 1150. The van der Waals surface area contributed by atoms with E-state index in [1.807, 2.05) is 31.2 Å². The number of aromatic nitrogens is 2. The largest absolute Gasteiger partial charge is 0.334 e. The van der Waals surface area contributed by atoms with Gasteiger partial charge in [-0.1, -0.05) is 47.6 Å². The van der Waals surface area contributed by atoms with Crippen LogP contribution in [-0.2, 0) is 0 Å². The van der Waals surface area contributed by atoms with Crippen molar-refractivity contribution in [3.8, 4) is 22.8 Å². The lowest BCUT2D eigenvalue weighted by Crippen LogP contribution is -2.13. The van der Waals surface area contributed by atoms with Gasteiger partial charge in [0.05, 0.1) is 11.1 Å². The van der Waals surface area contributed by atoms with Crippen molar-refractivity contribution in [2.45, 2.75) is 6.92 Å². The van der Waals surface area contributed by atoms with E-state index in [9.17, 15) is 9.18 Å². The van der Waals surface area contributed by atoms with Crippen molar-refractivity contribution < 1.29 is 13.7 Å². The summed E-state index contributed by atoms with van der Waals surface area (Å²) in [5.74, 6) is -0.126. The lowest BCUT2D eigenvalue weighted by molar-refractivity contribution is 0.102. The first kappa shape index (κ1) is 17.6. The highest BCUT2D eigenvalue weighted by atomic mass is 19.1. The molecule has 0 aliphatic rings. The van der Waals surface area contributed by atoms with Crippen molar-refractivity contribution in [2.75, 3.05) is 5.32 Å². The number of carbonyl (C=O) groups is 1. The van der Waals surface area contributed by atoms with E-state index in [1.165, 1.54) is 18.2 Å². The summed E-state index contributed by atoms with van der Waals surface area (Å²) in [7, 11) is 0. The van der Waals surface area contributed by atoms with Crippen LogP contribution in [0, 0.1) is 12.7 Å². The summed E-state index contributed by atoms with van der Waals surface area (Å²) in [6, 6.07) is 20.3. The van der Waals surface area contributed by atoms with Crippen LogP contribution in [0.3, 0.4) is 0 Å². The number of anilines is 1. The maximum atomic E-state index is 13.4. The molecule has 1 heterocycles. The van der Waals surface area contributed by atoms with Gasteiger partial charge in [-0.25, -0.2) is 4.39 Å². The van der Waals surface area contributed by atoms with Crippen molar-refractivity contribution in [3.63, 3.8) is 0 Å². The minimum Gasteiger partial charge on any atom is -0.334 e. The summed E-state index contributed by atoms with van der Waals surface area (Å²) in [4.78, 5) is 17.2. The zero-order valence-electron chi connectivity index (χ0n) is 15.0. The first-order chi connectivity index (χ1) is 13.6. The summed E-state index contributed by atoms with van der Waals surface area (Å²) < 4.78 is 18.8. The average Bonchev–Trinajstić information content (AvgIpc) is 3.18. The minimum absolute atomic E-state index is 0.239. The molecule has 0 radical (unpaired) electrons. The molecule has 0 saturated carbocycles. The highest BCUT2D eigenvalue weighted by Gasteiger charge is 2.18. The molecule has 3 aromatic carbocycles. The molecule has 0 bridgehead atoms. The number of benzene rings is 3. The second-order valence-electron chi connectivity index (χ2n) is 6.25. The van der Waals surface area contributed by atoms with Gasteiger partial charge in [-0.3, -0.25) is 4.79 Å². The standard InChI is InChI=1S/C22H16FN3O2/c1-14-7-2-3-10-17(14)20-25-22(28-26-20)19-12-5-4-11-18(19)21(27)24-16-9-6-8-15(23)13-16/h2-13H,1H3,(H,24,27). The SMILES string of the molecule is Cc1ccccc1-c1noc(-c2ccccc2C(=O)Nc2cccc(F)c2)n1. The van der Waals surface area contributed by atoms with Crippen LogP contribution < -0.4 is 5.32 Å². The first-order valence-electron chi connectivity index (χ1n) is 8.68. The number of nitrogens with one attached hydrogen (secondary N) is 1.